The third kappa shape index (κ3) is 3.19. The fourth-order valence-electron chi connectivity index (χ4n) is 3.87. The molecule has 1 aliphatic carbocycles. The summed E-state index contributed by atoms with van der Waals surface area (Å²) in [5.74, 6) is 0.292. The zero-order chi connectivity index (χ0) is 18.5. The lowest BCUT2D eigenvalue weighted by Crippen LogP contribution is -2.40. The van der Waals surface area contributed by atoms with Crippen LogP contribution in [0.4, 0.5) is 0 Å². The quantitative estimate of drug-likeness (QED) is 0.784. The van der Waals surface area contributed by atoms with Crippen molar-refractivity contribution in [2.24, 2.45) is 5.92 Å². The Labute approximate surface area is 162 Å². The van der Waals surface area contributed by atoms with E-state index in [1.165, 1.54) is 23.8 Å². The van der Waals surface area contributed by atoms with Gasteiger partial charge in [-0.25, -0.2) is 8.42 Å². The Kier molecular flexibility index (Phi) is 4.61. The van der Waals surface area contributed by atoms with Crippen molar-refractivity contribution < 1.29 is 13.2 Å². The lowest BCUT2D eigenvalue weighted by Gasteiger charge is -2.29. The topological polar surface area (TPSA) is 63.2 Å². The summed E-state index contributed by atoms with van der Waals surface area (Å²) >= 11 is 7.35. The highest BCUT2D eigenvalue weighted by Crippen LogP contribution is 2.43. The van der Waals surface area contributed by atoms with E-state index in [0.717, 1.165) is 24.1 Å². The molecule has 4 rings (SSSR count). The van der Waals surface area contributed by atoms with Gasteiger partial charge in [0.15, 0.2) is 9.84 Å². The lowest BCUT2D eigenvalue weighted by molar-refractivity contribution is 0.0914. The van der Waals surface area contributed by atoms with Crippen LogP contribution in [-0.2, 0) is 15.6 Å². The van der Waals surface area contributed by atoms with E-state index >= 15 is 0 Å². The van der Waals surface area contributed by atoms with Gasteiger partial charge in [-0.3, -0.25) is 4.79 Å². The van der Waals surface area contributed by atoms with Crippen LogP contribution >= 0.6 is 22.9 Å². The van der Waals surface area contributed by atoms with Crippen molar-refractivity contribution in [1.82, 2.24) is 5.32 Å². The van der Waals surface area contributed by atoms with Crippen LogP contribution in [-0.4, -0.2) is 20.4 Å². The van der Waals surface area contributed by atoms with Gasteiger partial charge in [-0.15, -0.1) is 11.3 Å². The Hall–Kier alpha value is -1.37. The van der Waals surface area contributed by atoms with Crippen molar-refractivity contribution >= 4 is 38.7 Å². The number of sulfone groups is 1. The smallest absolute Gasteiger partial charge is 0.261 e. The molecule has 0 saturated heterocycles. The number of benzene rings is 1. The highest BCUT2D eigenvalue weighted by Gasteiger charge is 2.32. The van der Waals surface area contributed by atoms with E-state index in [2.05, 4.69) is 12.2 Å². The Bertz CT molecular complexity index is 981. The minimum atomic E-state index is -3.44. The average Bonchev–Trinajstić information content (AvgIpc) is 3.00. The molecule has 1 N–H and O–H groups in total. The molecule has 1 aromatic heterocycles. The average molecular weight is 410 g/mol. The van der Waals surface area contributed by atoms with Gasteiger partial charge in [-0.1, -0.05) is 37.4 Å². The standard InChI is InChI=1S/C19H20ClNO3S2/c1-11-4-2-3-5-15(11)21-19(22)16-8-12-10-26(23,24)17-9-13(20)6-7-14(17)18(12)25-16/h6-9,11,15H,2-5,10H2,1H3,(H,21,22)/t11-,15+/m0/s1. The second-order valence-electron chi connectivity index (χ2n) is 7.21. The Morgan fingerprint density at radius 1 is 1.23 bits per heavy atom. The SMILES string of the molecule is C[C@H]1CCCC[C@H]1NC(=O)c1cc2c(s1)-c1ccc(Cl)cc1S(=O)(=O)C2. The van der Waals surface area contributed by atoms with E-state index in [-0.39, 0.29) is 22.6 Å². The van der Waals surface area contributed by atoms with Crippen LogP contribution in [0.25, 0.3) is 10.4 Å². The van der Waals surface area contributed by atoms with E-state index in [0.29, 0.717) is 26.9 Å². The molecule has 7 heteroatoms. The van der Waals surface area contributed by atoms with E-state index in [1.807, 2.05) is 0 Å². The number of nitrogens with one attached hydrogen (secondary N) is 1. The van der Waals surface area contributed by atoms with Gasteiger partial charge in [0, 0.05) is 21.5 Å². The molecular formula is C19H20ClNO3S2. The minimum absolute atomic E-state index is 0.0840. The van der Waals surface area contributed by atoms with Crippen LogP contribution in [0.1, 0.15) is 47.8 Å². The second-order valence-corrected chi connectivity index (χ2v) is 10.7. The lowest BCUT2D eigenvalue weighted by atomic mass is 9.86. The number of hydrogen-bond acceptors (Lipinski definition) is 4. The van der Waals surface area contributed by atoms with Crippen LogP contribution in [0.3, 0.4) is 0 Å². The van der Waals surface area contributed by atoms with Crippen molar-refractivity contribution in [3.05, 3.63) is 39.7 Å². The molecular weight excluding hydrogens is 390 g/mol. The number of carbonyl (C=O) groups excluding carboxylic acids is 1. The fraction of sp³-hybridized carbons (Fsp3) is 0.421. The third-order valence-electron chi connectivity index (χ3n) is 5.33. The largest absolute Gasteiger partial charge is 0.348 e. The molecule has 0 bridgehead atoms. The fourth-order valence-corrected chi connectivity index (χ4v) is 6.99. The summed E-state index contributed by atoms with van der Waals surface area (Å²) in [6.07, 6.45) is 4.51. The van der Waals surface area contributed by atoms with E-state index in [9.17, 15) is 13.2 Å². The molecule has 1 fully saturated rings. The summed E-state index contributed by atoms with van der Waals surface area (Å²) in [6, 6.07) is 6.85. The Morgan fingerprint density at radius 2 is 2.00 bits per heavy atom. The maximum atomic E-state index is 12.7. The molecule has 0 radical (unpaired) electrons. The molecule has 2 heterocycles. The first-order valence-electron chi connectivity index (χ1n) is 8.81. The van der Waals surface area contributed by atoms with Gasteiger partial charge >= 0.3 is 0 Å². The second kappa shape index (κ2) is 6.66. The highest BCUT2D eigenvalue weighted by molar-refractivity contribution is 7.91. The van der Waals surface area contributed by atoms with Gasteiger partial charge in [0.25, 0.3) is 5.91 Å². The maximum Gasteiger partial charge on any atom is 0.261 e. The molecule has 2 aromatic rings. The van der Waals surface area contributed by atoms with Gasteiger partial charge in [-0.05, 0) is 42.5 Å². The molecule has 2 aliphatic rings. The van der Waals surface area contributed by atoms with Gasteiger partial charge in [0.1, 0.15) is 0 Å². The van der Waals surface area contributed by atoms with E-state index < -0.39 is 9.84 Å². The van der Waals surface area contributed by atoms with Crippen molar-refractivity contribution in [2.45, 2.75) is 49.3 Å². The molecule has 1 aromatic carbocycles. The molecule has 1 aliphatic heterocycles. The predicted molar refractivity (Wildman–Crippen MR) is 105 cm³/mol. The van der Waals surface area contributed by atoms with Crippen molar-refractivity contribution in [2.75, 3.05) is 0 Å². The number of halogens is 1. The van der Waals surface area contributed by atoms with Crippen LogP contribution in [0, 0.1) is 5.92 Å². The summed E-state index contributed by atoms with van der Waals surface area (Å²) in [7, 11) is -3.44. The predicted octanol–water partition coefficient (Wildman–Crippen LogP) is 4.66. The zero-order valence-corrected chi connectivity index (χ0v) is 16.8. The molecule has 1 amide bonds. The first-order valence-corrected chi connectivity index (χ1v) is 11.7. The third-order valence-corrected chi connectivity index (χ3v) is 8.47. The van der Waals surface area contributed by atoms with Gasteiger partial charge < -0.3 is 5.32 Å². The Balaban J connectivity index is 1.67. The van der Waals surface area contributed by atoms with Crippen LogP contribution in [0.15, 0.2) is 29.2 Å². The molecule has 138 valence electrons. The summed E-state index contributed by atoms with van der Waals surface area (Å²) in [4.78, 5) is 14.4. The number of carbonyl (C=O) groups is 1. The number of hydrogen-bond donors (Lipinski definition) is 1. The molecule has 0 unspecified atom stereocenters. The van der Waals surface area contributed by atoms with Crippen LogP contribution in [0.2, 0.25) is 5.02 Å². The van der Waals surface area contributed by atoms with Crippen LogP contribution in [0.5, 0.6) is 0 Å². The van der Waals surface area contributed by atoms with Gasteiger partial charge in [0.2, 0.25) is 0 Å². The molecule has 4 nitrogen and oxygen atoms in total. The minimum Gasteiger partial charge on any atom is -0.348 e. The highest BCUT2D eigenvalue weighted by atomic mass is 35.5. The maximum absolute atomic E-state index is 12.7. The first-order chi connectivity index (χ1) is 12.3. The van der Waals surface area contributed by atoms with Crippen molar-refractivity contribution in [1.29, 1.82) is 0 Å². The van der Waals surface area contributed by atoms with E-state index in [1.54, 1.807) is 18.2 Å². The van der Waals surface area contributed by atoms with Gasteiger partial charge in [-0.2, -0.15) is 0 Å². The molecule has 0 spiro atoms. The molecule has 2 atom stereocenters. The number of fused-ring (bicyclic) bond motifs is 3. The molecule has 26 heavy (non-hydrogen) atoms. The monoisotopic (exact) mass is 409 g/mol. The zero-order valence-electron chi connectivity index (χ0n) is 14.4. The van der Waals surface area contributed by atoms with Crippen molar-refractivity contribution in [3.8, 4) is 10.4 Å². The number of amides is 1. The normalized spacial score (nSPS) is 23.8. The number of rotatable bonds is 2. The van der Waals surface area contributed by atoms with Crippen molar-refractivity contribution in [3.63, 3.8) is 0 Å². The molecule has 1 saturated carbocycles. The Morgan fingerprint density at radius 3 is 2.77 bits per heavy atom. The van der Waals surface area contributed by atoms with Gasteiger partial charge in [0.05, 0.1) is 15.5 Å². The summed E-state index contributed by atoms with van der Waals surface area (Å²) < 4.78 is 25.1. The van der Waals surface area contributed by atoms with Crippen LogP contribution < -0.4 is 5.32 Å². The summed E-state index contributed by atoms with van der Waals surface area (Å²) in [5.41, 5.74) is 1.34. The summed E-state index contributed by atoms with van der Waals surface area (Å²) in [6.45, 7) is 2.18. The summed E-state index contributed by atoms with van der Waals surface area (Å²) in [5, 5.41) is 3.55. The van der Waals surface area contributed by atoms with E-state index in [4.69, 9.17) is 11.6 Å². The first kappa shape index (κ1) is 18.0. The number of thiophene rings is 1.